The third-order valence-electron chi connectivity index (χ3n) is 4.34. The van der Waals surface area contributed by atoms with Crippen molar-refractivity contribution in [1.82, 2.24) is 10.3 Å². The highest BCUT2D eigenvalue weighted by molar-refractivity contribution is 6.42. The number of aliphatic imine (C=N–C) groups is 1. The fourth-order valence-electron chi connectivity index (χ4n) is 3.11. The van der Waals surface area contributed by atoms with Gasteiger partial charge in [0.1, 0.15) is 11.6 Å². The van der Waals surface area contributed by atoms with Crippen LogP contribution < -0.4 is 15.4 Å². The van der Waals surface area contributed by atoms with Crippen LogP contribution in [0.25, 0.3) is 0 Å². The highest BCUT2D eigenvalue weighted by atomic mass is 35.5. The Bertz CT molecular complexity index is 1130. The van der Waals surface area contributed by atoms with Crippen LogP contribution in [0, 0.1) is 17.3 Å². The maximum absolute atomic E-state index is 13.9. The van der Waals surface area contributed by atoms with Crippen LogP contribution in [0.2, 0.25) is 10.0 Å². The second-order valence-electron chi connectivity index (χ2n) is 6.69. The zero-order chi connectivity index (χ0) is 24.2. The molecule has 2 N–H and O–H groups in total. The number of alkyl halides is 3. The molecule has 0 bridgehead atoms. The fourth-order valence-corrected chi connectivity index (χ4v) is 3.41. The van der Waals surface area contributed by atoms with E-state index < -0.39 is 17.9 Å². The minimum absolute atomic E-state index is 0.124. The molecule has 33 heavy (non-hydrogen) atoms. The molecule has 2 aromatic rings. The van der Waals surface area contributed by atoms with Gasteiger partial charge in [-0.1, -0.05) is 36.2 Å². The van der Waals surface area contributed by atoms with E-state index in [0.29, 0.717) is 33.9 Å². The number of anilines is 1. The van der Waals surface area contributed by atoms with E-state index in [1.165, 1.54) is 5.01 Å². The number of nitrogens with one attached hydrogen (secondary N) is 2. The van der Waals surface area contributed by atoms with Gasteiger partial charge in [0, 0.05) is 23.4 Å². The summed E-state index contributed by atoms with van der Waals surface area (Å²) < 4.78 is 55.2. The molecule has 0 fully saturated rings. The summed E-state index contributed by atoms with van der Waals surface area (Å²) in [5.74, 6) is -1.88. The molecule has 0 amide bonds. The number of hydrogen-bond acceptors (Lipinski definition) is 5. The summed E-state index contributed by atoms with van der Waals surface area (Å²) in [6.07, 6.45) is -3.40. The van der Waals surface area contributed by atoms with Gasteiger partial charge in [0.25, 0.3) is 0 Å². The molecule has 1 unspecified atom stereocenters. The lowest BCUT2D eigenvalue weighted by molar-refractivity contribution is -0.274. The third kappa shape index (κ3) is 6.47. The summed E-state index contributed by atoms with van der Waals surface area (Å²) in [7, 11) is 0. The van der Waals surface area contributed by atoms with E-state index in [0.717, 1.165) is 12.1 Å². The lowest BCUT2D eigenvalue weighted by atomic mass is 10.0. The Balaban J connectivity index is 1.92. The Morgan fingerprint density at radius 2 is 2.03 bits per heavy atom. The first-order valence-electron chi connectivity index (χ1n) is 9.44. The molecule has 0 aromatic heterocycles. The van der Waals surface area contributed by atoms with Crippen LogP contribution in [-0.4, -0.2) is 42.2 Å². The van der Waals surface area contributed by atoms with Crippen molar-refractivity contribution in [1.29, 1.82) is 5.26 Å². The average molecular weight is 503 g/mol. The monoisotopic (exact) mass is 502 g/mol. The van der Waals surface area contributed by atoms with Crippen LogP contribution in [0.3, 0.4) is 0 Å². The number of halogens is 6. The number of nitriles is 1. The van der Waals surface area contributed by atoms with Gasteiger partial charge in [0.05, 0.1) is 28.3 Å². The quantitative estimate of drug-likeness (QED) is 0.260. The molecular weight excluding hydrogens is 487 g/mol. The van der Waals surface area contributed by atoms with Crippen molar-refractivity contribution in [3.8, 4) is 11.9 Å². The number of benzene rings is 2. The Morgan fingerprint density at radius 3 is 2.67 bits per heavy atom. The number of likely N-dealkylation sites (N-methyl/N-ethyl adjacent to an activating group) is 1. The van der Waals surface area contributed by atoms with Crippen molar-refractivity contribution in [3.63, 3.8) is 0 Å². The molecule has 2 aromatic carbocycles. The standard InChI is InChI=1S/C20H16Cl2F4N6O/c1-2-28-17-9-32(31-18(17)11-3-4-15(21)16(22)5-11)19(29-10-27)30-13-6-12(23)7-14(8-13)33-20(24,25)26/h3-8,17,28H,2,9H2,1H3,(H,29,30). The molecule has 7 nitrogen and oxygen atoms in total. The Kier molecular flexibility index (Phi) is 7.63. The number of hydrazone groups is 1. The largest absolute Gasteiger partial charge is 0.573 e. The van der Waals surface area contributed by atoms with Gasteiger partial charge in [0.2, 0.25) is 12.2 Å². The Hall–Kier alpha value is -3.07. The first-order chi connectivity index (χ1) is 15.6. The van der Waals surface area contributed by atoms with Gasteiger partial charge in [-0.15, -0.1) is 18.2 Å². The molecule has 13 heteroatoms. The zero-order valence-electron chi connectivity index (χ0n) is 16.9. The maximum Gasteiger partial charge on any atom is 0.573 e. The molecule has 0 spiro atoms. The zero-order valence-corrected chi connectivity index (χ0v) is 18.4. The van der Waals surface area contributed by atoms with Crippen molar-refractivity contribution in [2.45, 2.75) is 19.3 Å². The fraction of sp³-hybridized carbons (Fsp3) is 0.250. The Morgan fingerprint density at radius 1 is 1.27 bits per heavy atom. The average Bonchev–Trinajstić information content (AvgIpc) is 3.12. The van der Waals surface area contributed by atoms with Gasteiger partial charge < -0.3 is 15.4 Å². The van der Waals surface area contributed by atoms with Crippen molar-refractivity contribution in [2.75, 3.05) is 18.4 Å². The van der Waals surface area contributed by atoms with E-state index in [1.54, 1.807) is 24.4 Å². The predicted molar refractivity (Wildman–Crippen MR) is 117 cm³/mol. The van der Waals surface area contributed by atoms with Gasteiger partial charge >= 0.3 is 6.36 Å². The van der Waals surface area contributed by atoms with Crippen LogP contribution in [-0.2, 0) is 0 Å². The Labute approximate surface area is 196 Å². The number of ether oxygens (including phenoxy) is 1. The highest BCUT2D eigenvalue weighted by Crippen LogP contribution is 2.28. The van der Waals surface area contributed by atoms with Gasteiger partial charge in [-0.05, 0) is 24.7 Å². The van der Waals surface area contributed by atoms with E-state index in [9.17, 15) is 17.6 Å². The second kappa shape index (κ2) is 10.2. The number of guanidine groups is 1. The lowest BCUT2D eigenvalue weighted by Crippen LogP contribution is -2.41. The number of hydrogen-bond donors (Lipinski definition) is 2. The molecule has 0 saturated heterocycles. The summed E-state index contributed by atoms with van der Waals surface area (Å²) in [6.45, 7) is 2.71. The SMILES string of the molecule is CCNC1CN(/C(=N\C#N)Nc2cc(F)cc(OC(F)(F)F)c2)N=C1c1ccc(Cl)c(Cl)c1. The lowest BCUT2D eigenvalue weighted by Gasteiger charge is -2.19. The van der Waals surface area contributed by atoms with Crippen LogP contribution >= 0.6 is 23.2 Å². The molecular formula is C20H16Cl2F4N6O. The summed E-state index contributed by atoms with van der Waals surface area (Å²) in [5.41, 5.74) is 1.12. The smallest absolute Gasteiger partial charge is 0.406 e. The van der Waals surface area contributed by atoms with E-state index in [2.05, 4.69) is 25.5 Å². The highest BCUT2D eigenvalue weighted by Gasteiger charge is 2.32. The normalized spacial score (nSPS) is 16.4. The van der Waals surface area contributed by atoms with E-state index in [-0.39, 0.29) is 24.2 Å². The second-order valence-corrected chi connectivity index (χ2v) is 7.50. The summed E-state index contributed by atoms with van der Waals surface area (Å²) >= 11 is 12.1. The predicted octanol–water partition coefficient (Wildman–Crippen LogP) is 4.98. The van der Waals surface area contributed by atoms with E-state index in [4.69, 9.17) is 28.5 Å². The van der Waals surface area contributed by atoms with Crippen molar-refractivity contribution in [3.05, 3.63) is 57.8 Å². The molecule has 1 aliphatic rings. The van der Waals surface area contributed by atoms with Gasteiger partial charge in [0.15, 0.2) is 0 Å². The molecule has 1 heterocycles. The van der Waals surface area contributed by atoms with Crippen LogP contribution in [0.5, 0.6) is 5.75 Å². The van der Waals surface area contributed by atoms with E-state index in [1.807, 2.05) is 6.92 Å². The van der Waals surface area contributed by atoms with Crippen LogP contribution in [0.1, 0.15) is 12.5 Å². The van der Waals surface area contributed by atoms with Gasteiger partial charge in [-0.25, -0.2) is 9.40 Å². The third-order valence-corrected chi connectivity index (χ3v) is 5.08. The minimum Gasteiger partial charge on any atom is -0.406 e. The van der Waals surface area contributed by atoms with Crippen molar-refractivity contribution < 1.29 is 22.3 Å². The molecule has 0 radical (unpaired) electrons. The van der Waals surface area contributed by atoms with Gasteiger partial charge in [-0.2, -0.15) is 10.4 Å². The van der Waals surface area contributed by atoms with Crippen LogP contribution in [0.15, 0.2) is 46.5 Å². The first kappa shape index (κ1) is 24.6. The molecule has 0 saturated carbocycles. The molecule has 1 aliphatic heterocycles. The topological polar surface area (TPSA) is 85.0 Å². The molecule has 1 atom stereocenters. The molecule has 0 aliphatic carbocycles. The summed E-state index contributed by atoms with van der Waals surface area (Å²) in [5, 5.41) is 21.5. The van der Waals surface area contributed by atoms with Crippen molar-refractivity contribution in [2.24, 2.45) is 10.1 Å². The van der Waals surface area contributed by atoms with Crippen molar-refractivity contribution >= 4 is 40.6 Å². The van der Waals surface area contributed by atoms with Crippen LogP contribution in [0.4, 0.5) is 23.2 Å². The molecule has 174 valence electrons. The summed E-state index contributed by atoms with van der Waals surface area (Å²) in [6, 6.07) is 7.11. The first-order valence-corrected chi connectivity index (χ1v) is 10.2. The minimum atomic E-state index is -5.00. The van der Waals surface area contributed by atoms with E-state index >= 15 is 0 Å². The van der Waals surface area contributed by atoms with Gasteiger partial charge in [-0.3, -0.25) is 0 Å². The summed E-state index contributed by atoms with van der Waals surface area (Å²) in [4.78, 5) is 3.66. The number of rotatable bonds is 5. The maximum atomic E-state index is 13.9. The number of nitrogens with zero attached hydrogens (tertiary/aromatic N) is 4. The molecule has 3 rings (SSSR count).